The van der Waals surface area contributed by atoms with Crippen LogP contribution in [0.15, 0.2) is 0 Å². The summed E-state index contributed by atoms with van der Waals surface area (Å²) in [5.41, 5.74) is 8.10. The van der Waals surface area contributed by atoms with Gasteiger partial charge in [-0.25, -0.2) is 4.79 Å². The normalized spacial score (nSPS) is 11.2. The predicted molar refractivity (Wildman–Crippen MR) is 60.0 cm³/mol. The van der Waals surface area contributed by atoms with E-state index < -0.39 is 23.7 Å². The molecule has 0 aliphatic carbocycles. The minimum absolute atomic E-state index is 0.0479. The highest BCUT2D eigenvalue weighted by molar-refractivity contribution is 6.25. The van der Waals surface area contributed by atoms with E-state index in [0.717, 1.165) is 0 Å². The van der Waals surface area contributed by atoms with Gasteiger partial charge in [0, 0.05) is 20.0 Å². The molecule has 0 saturated carbocycles. The van der Waals surface area contributed by atoms with Crippen LogP contribution in [0.4, 0.5) is 0 Å². The second kappa shape index (κ2) is 9.03. The number of carbonyl (C=O) groups excluding carboxylic acids is 2. The third-order valence-corrected chi connectivity index (χ3v) is 2.05. The molecule has 0 bridgehead atoms. The van der Waals surface area contributed by atoms with Crippen molar-refractivity contribution >= 4 is 23.9 Å². The van der Waals surface area contributed by atoms with Gasteiger partial charge in [0.25, 0.3) is 0 Å². The van der Waals surface area contributed by atoms with Gasteiger partial charge in [-0.2, -0.15) is 4.79 Å². The van der Waals surface area contributed by atoms with Crippen molar-refractivity contribution in [1.82, 2.24) is 5.32 Å². The lowest BCUT2D eigenvalue weighted by atomic mass is 10.1. The number of carboxylic acids is 1. The first kappa shape index (κ1) is 16.0. The number of ketones is 1. The molecule has 100 valence electrons. The Balaban J connectivity index is 4.23. The van der Waals surface area contributed by atoms with E-state index in [1.807, 2.05) is 0 Å². The Morgan fingerprint density at radius 1 is 1.44 bits per heavy atom. The minimum Gasteiger partial charge on any atom is -0.480 e. The molecule has 0 rings (SSSR count). The number of methoxy groups -OCH3 is 1. The van der Waals surface area contributed by atoms with Crippen molar-refractivity contribution in [2.24, 2.45) is 0 Å². The maximum absolute atomic E-state index is 11.3. The summed E-state index contributed by atoms with van der Waals surface area (Å²) in [6.45, 7) is 0.189. The SMILES string of the molecule is COCCC(=O)N[C@@H](CCC(=O)C=[N+]=[N-])C(=O)O. The van der Waals surface area contributed by atoms with Crippen LogP contribution in [0.1, 0.15) is 19.3 Å². The maximum atomic E-state index is 11.3. The average molecular weight is 257 g/mol. The number of rotatable bonds is 9. The number of nitrogens with one attached hydrogen (secondary N) is 1. The number of nitrogens with zero attached hydrogens (tertiary/aromatic N) is 2. The molecular weight excluding hydrogens is 242 g/mol. The Kier molecular flexibility index (Phi) is 8.00. The number of Topliss-reactive ketones (excluding diaryl/α,β-unsaturated/α-hetero) is 1. The minimum atomic E-state index is -1.23. The molecule has 0 heterocycles. The summed E-state index contributed by atoms with van der Waals surface area (Å²) in [5, 5.41) is 11.1. The fraction of sp³-hybridized carbons (Fsp3) is 0.600. The number of aliphatic carboxylic acids is 1. The van der Waals surface area contributed by atoms with Crippen LogP contribution in [0.3, 0.4) is 0 Å². The van der Waals surface area contributed by atoms with Gasteiger partial charge >= 0.3 is 12.2 Å². The third kappa shape index (κ3) is 7.26. The molecule has 0 aliphatic rings. The molecule has 0 saturated heterocycles. The first-order valence-electron chi connectivity index (χ1n) is 5.22. The van der Waals surface area contributed by atoms with Crippen molar-refractivity contribution in [1.29, 1.82) is 0 Å². The van der Waals surface area contributed by atoms with Gasteiger partial charge in [-0.3, -0.25) is 9.59 Å². The Bertz CT molecular complexity index is 363. The highest BCUT2D eigenvalue weighted by atomic mass is 16.5. The van der Waals surface area contributed by atoms with Gasteiger partial charge < -0.3 is 20.7 Å². The van der Waals surface area contributed by atoms with E-state index in [4.69, 9.17) is 10.6 Å². The molecule has 8 nitrogen and oxygen atoms in total. The van der Waals surface area contributed by atoms with Crippen LogP contribution in [-0.4, -0.2) is 53.5 Å². The van der Waals surface area contributed by atoms with E-state index in [-0.39, 0.29) is 25.9 Å². The number of hydrogen-bond donors (Lipinski definition) is 2. The Morgan fingerprint density at radius 3 is 2.61 bits per heavy atom. The number of amides is 1. The smallest absolute Gasteiger partial charge is 0.326 e. The maximum Gasteiger partial charge on any atom is 0.326 e. The summed E-state index contributed by atoms with van der Waals surface area (Å²) < 4.78 is 4.68. The Labute approximate surface area is 104 Å². The zero-order valence-electron chi connectivity index (χ0n) is 9.96. The summed E-state index contributed by atoms with van der Waals surface area (Å²) in [5.74, 6) is -2.21. The number of carboxylic acid groups (broad SMARTS) is 1. The summed E-state index contributed by atoms with van der Waals surface area (Å²) in [7, 11) is 1.43. The third-order valence-electron chi connectivity index (χ3n) is 2.05. The number of ether oxygens (including phenoxy) is 1. The highest BCUT2D eigenvalue weighted by Gasteiger charge is 2.21. The second-order valence-corrected chi connectivity index (χ2v) is 3.45. The van der Waals surface area contributed by atoms with E-state index in [0.29, 0.717) is 6.21 Å². The van der Waals surface area contributed by atoms with Gasteiger partial charge in [0.2, 0.25) is 11.7 Å². The van der Waals surface area contributed by atoms with Crippen molar-refractivity contribution in [3.05, 3.63) is 5.53 Å². The molecule has 0 spiro atoms. The summed E-state index contributed by atoms with van der Waals surface area (Å²) in [6.07, 6.45) is 0.530. The molecule has 0 aromatic heterocycles. The van der Waals surface area contributed by atoms with Crippen LogP contribution >= 0.6 is 0 Å². The summed E-state index contributed by atoms with van der Waals surface area (Å²) in [4.78, 5) is 35.6. The van der Waals surface area contributed by atoms with Gasteiger partial charge in [0.15, 0.2) is 0 Å². The molecular formula is C10H15N3O5. The van der Waals surface area contributed by atoms with E-state index in [9.17, 15) is 14.4 Å². The quantitative estimate of drug-likeness (QED) is 0.318. The van der Waals surface area contributed by atoms with Crippen molar-refractivity contribution in [2.45, 2.75) is 25.3 Å². The summed E-state index contributed by atoms with van der Waals surface area (Å²) in [6, 6.07) is -1.15. The molecule has 8 heteroatoms. The van der Waals surface area contributed by atoms with Crippen LogP contribution in [0.5, 0.6) is 0 Å². The van der Waals surface area contributed by atoms with Crippen LogP contribution in [0.2, 0.25) is 0 Å². The lowest BCUT2D eigenvalue weighted by Gasteiger charge is -2.13. The fourth-order valence-corrected chi connectivity index (χ4v) is 1.13. The predicted octanol–water partition coefficient (Wildman–Crippen LogP) is -0.758. The molecule has 0 aromatic rings. The van der Waals surface area contributed by atoms with Crippen LogP contribution < -0.4 is 5.32 Å². The highest BCUT2D eigenvalue weighted by Crippen LogP contribution is 1.99. The van der Waals surface area contributed by atoms with E-state index in [1.54, 1.807) is 0 Å². The van der Waals surface area contributed by atoms with Crippen molar-refractivity contribution in [2.75, 3.05) is 13.7 Å². The van der Waals surface area contributed by atoms with Crippen LogP contribution in [0, 0.1) is 0 Å². The first-order chi connectivity index (χ1) is 8.51. The molecule has 0 aromatic carbocycles. The number of hydrogen-bond acceptors (Lipinski definition) is 4. The lowest BCUT2D eigenvalue weighted by Crippen LogP contribution is -2.41. The molecule has 18 heavy (non-hydrogen) atoms. The largest absolute Gasteiger partial charge is 0.480 e. The van der Waals surface area contributed by atoms with E-state index in [2.05, 4.69) is 14.8 Å². The summed E-state index contributed by atoms with van der Waals surface area (Å²) >= 11 is 0. The molecule has 1 atom stereocenters. The van der Waals surface area contributed by atoms with Gasteiger partial charge in [-0.05, 0) is 6.42 Å². The Hall–Kier alpha value is -2.05. The van der Waals surface area contributed by atoms with E-state index >= 15 is 0 Å². The van der Waals surface area contributed by atoms with Gasteiger partial charge in [0.05, 0.1) is 6.61 Å². The monoisotopic (exact) mass is 257 g/mol. The van der Waals surface area contributed by atoms with Crippen LogP contribution in [-0.2, 0) is 19.1 Å². The zero-order chi connectivity index (χ0) is 14.0. The molecule has 0 radical (unpaired) electrons. The Morgan fingerprint density at radius 2 is 2.11 bits per heavy atom. The molecule has 2 N–H and O–H groups in total. The average Bonchev–Trinajstić information content (AvgIpc) is 2.31. The molecule has 0 fully saturated rings. The molecule has 1 amide bonds. The fourth-order valence-electron chi connectivity index (χ4n) is 1.13. The van der Waals surface area contributed by atoms with E-state index in [1.165, 1.54) is 7.11 Å². The van der Waals surface area contributed by atoms with Gasteiger partial charge in [0.1, 0.15) is 6.04 Å². The molecule has 0 aliphatic heterocycles. The lowest BCUT2D eigenvalue weighted by molar-refractivity contribution is -0.142. The van der Waals surface area contributed by atoms with Crippen molar-refractivity contribution in [3.8, 4) is 0 Å². The van der Waals surface area contributed by atoms with Gasteiger partial charge in [-0.1, -0.05) is 0 Å². The van der Waals surface area contributed by atoms with Gasteiger partial charge in [-0.15, -0.1) is 0 Å². The first-order valence-corrected chi connectivity index (χ1v) is 5.22. The second-order valence-electron chi connectivity index (χ2n) is 3.45. The number of carbonyl (C=O) groups is 3. The molecule has 0 unspecified atom stereocenters. The topological polar surface area (TPSA) is 129 Å². The van der Waals surface area contributed by atoms with Crippen molar-refractivity contribution in [3.63, 3.8) is 0 Å². The zero-order valence-corrected chi connectivity index (χ0v) is 9.96. The van der Waals surface area contributed by atoms with Crippen molar-refractivity contribution < 1.29 is 29.0 Å². The van der Waals surface area contributed by atoms with Crippen LogP contribution in [0.25, 0.3) is 5.53 Å². The standard InChI is InChI=1S/C10H15N3O5/c1-18-5-4-9(15)13-8(10(16)17)3-2-7(14)6-12-11/h6,8H,2-5H2,1H3,(H,13,15)(H,16,17)/t8-/m0/s1.